The molecule has 0 amide bonds. The molecule has 118 valence electrons. The number of nitrogens with one attached hydrogen (secondary N) is 2. The van der Waals surface area contributed by atoms with Gasteiger partial charge in [-0.25, -0.2) is 0 Å². The van der Waals surface area contributed by atoms with Crippen LogP contribution in [0.4, 0.5) is 0 Å². The average molecular weight is 306 g/mol. The Hall–Kier alpha value is -2.10. The van der Waals surface area contributed by atoms with E-state index in [9.17, 15) is 5.11 Å². The van der Waals surface area contributed by atoms with Crippen LogP contribution in [-0.4, -0.2) is 22.7 Å². The summed E-state index contributed by atoms with van der Waals surface area (Å²) in [6.45, 7) is 2.45. The molecule has 0 spiro atoms. The summed E-state index contributed by atoms with van der Waals surface area (Å²) in [4.78, 5) is 3.58. The maximum absolute atomic E-state index is 9.49. The van der Waals surface area contributed by atoms with Gasteiger partial charge in [-0.1, -0.05) is 36.4 Å². The van der Waals surface area contributed by atoms with Crippen molar-refractivity contribution in [1.82, 2.24) is 10.3 Å². The van der Waals surface area contributed by atoms with E-state index >= 15 is 0 Å². The van der Waals surface area contributed by atoms with Gasteiger partial charge in [-0.3, -0.25) is 0 Å². The minimum absolute atomic E-state index is 0.312. The van der Waals surface area contributed by atoms with Crippen LogP contribution in [0, 0.1) is 0 Å². The van der Waals surface area contributed by atoms with Crippen LogP contribution in [0.15, 0.2) is 48.5 Å². The molecule has 4 rings (SSSR count). The molecule has 3 nitrogen and oxygen atoms in total. The summed E-state index contributed by atoms with van der Waals surface area (Å²) in [5, 5.41) is 14.3. The van der Waals surface area contributed by atoms with Crippen LogP contribution in [0.1, 0.15) is 30.6 Å². The van der Waals surface area contributed by atoms with E-state index in [2.05, 4.69) is 58.8 Å². The number of aromatic amines is 1. The van der Waals surface area contributed by atoms with Gasteiger partial charge in [0.2, 0.25) is 0 Å². The van der Waals surface area contributed by atoms with E-state index in [1.54, 1.807) is 0 Å². The summed E-state index contributed by atoms with van der Waals surface area (Å²) in [5.74, 6) is 0. The van der Waals surface area contributed by atoms with Crippen molar-refractivity contribution >= 4 is 10.9 Å². The Morgan fingerprint density at radius 3 is 2.78 bits per heavy atom. The SMILES string of the molecule is CC(O)CNC1CCc2c1[nH]c1ccc(-c3ccccc3)cc21. The van der Waals surface area contributed by atoms with Crippen LogP contribution in [-0.2, 0) is 6.42 Å². The summed E-state index contributed by atoms with van der Waals surface area (Å²) in [6.07, 6.45) is 1.87. The predicted octanol–water partition coefficient (Wildman–Crippen LogP) is 3.79. The third-order valence-corrected chi connectivity index (χ3v) is 4.74. The Kier molecular flexibility index (Phi) is 3.68. The van der Waals surface area contributed by atoms with Gasteiger partial charge in [-0.15, -0.1) is 0 Å². The van der Waals surface area contributed by atoms with Crippen LogP contribution in [0.2, 0.25) is 0 Å². The van der Waals surface area contributed by atoms with E-state index < -0.39 is 0 Å². The Bertz CT molecular complexity index is 820. The molecule has 0 saturated heterocycles. The van der Waals surface area contributed by atoms with Gasteiger partial charge >= 0.3 is 0 Å². The van der Waals surface area contributed by atoms with Gasteiger partial charge in [0.05, 0.1) is 6.10 Å². The Labute approximate surface area is 136 Å². The number of aliphatic hydroxyl groups is 1. The van der Waals surface area contributed by atoms with Gasteiger partial charge in [-0.05, 0) is 48.6 Å². The maximum Gasteiger partial charge on any atom is 0.0636 e. The molecule has 1 aliphatic rings. The number of benzene rings is 2. The fraction of sp³-hybridized carbons (Fsp3) is 0.300. The maximum atomic E-state index is 9.49. The molecule has 2 atom stereocenters. The lowest BCUT2D eigenvalue weighted by atomic mass is 10.0. The highest BCUT2D eigenvalue weighted by molar-refractivity contribution is 5.89. The molecule has 3 N–H and O–H groups in total. The second-order valence-corrected chi connectivity index (χ2v) is 6.49. The topological polar surface area (TPSA) is 48.0 Å². The van der Waals surface area contributed by atoms with E-state index in [-0.39, 0.29) is 6.10 Å². The van der Waals surface area contributed by atoms with Crippen LogP contribution in [0.5, 0.6) is 0 Å². The van der Waals surface area contributed by atoms with E-state index in [1.807, 2.05) is 6.92 Å². The molecule has 3 aromatic rings. The quantitative estimate of drug-likeness (QED) is 0.687. The van der Waals surface area contributed by atoms with Crippen molar-refractivity contribution in [3.05, 3.63) is 59.8 Å². The predicted molar refractivity (Wildman–Crippen MR) is 94.5 cm³/mol. The van der Waals surface area contributed by atoms with Gasteiger partial charge in [0.15, 0.2) is 0 Å². The highest BCUT2D eigenvalue weighted by Crippen LogP contribution is 2.37. The van der Waals surface area contributed by atoms with Crippen molar-refractivity contribution in [1.29, 1.82) is 0 Å². The number of aliphatic hydroxyl groups excluding tert-OH is 1. The molecule has 1 aromatic heterocycles. The second kappa shape index (κ2) is 5.84. The molecular formula is C20H22N2O. The van der Waals surface area contributed by atoms with Gasteiger partial charge in [0.25, 0.3) is 0 Å². The molecule has 2 aromatic carbocycles. The Morgan fingerprint density at radius 1 is 1.17 bits per heavy atom. The van der Waals surface area contributed by atoms with Gasteiger partial charge in [-0.2, -0.15) is 0 Å². The van der Waals surface area contributed by atoms with Crippen molar-refractivity contribution in [2.75, 3.05) is 6.54 Å². The number of aromatic nitrogens is 1. The standard InChI is InChI=1S/C20H22N2O/c1-13(23)12-21-19-10-8-16-17-11-15(14-5-3-2-4-6-14)7-9-18(17)22-20(16)19/h2-7,9,11,13,19,21-23H,8,10,12H2,1H3. The summed E-state index contributed by atoms with van der Waals surface area (Å²) < 4.78 is 0. The van der Waals surface area contributed by atoms with Crippen LogP contribution in [0.25, 0.3) is 22.0 Å². The van der Waals surface area contributed by atoms with E-state index in [0.29, 0.717) is 12.6 Å². The fourth-order valence-electron chi connectivity index (χ4n) is 3.60. The minimum atomic E-state index is -0.312. The molecular weight excluding hydrogens is 284 g/mol. The first kappa shape index (κ1) is 14.5. The molecule has 0 aliphatic heterocycles. The first-order valence-electron chi connectivity index (χ1n) is 8.34. The van der Waals surface area contributed by atoms with Crippen molar-refractivity contribution < 1.29 is 5.11 Å². The molecule has 2 unspecified atom stereocenters. The van der Waals surface area contributed by atoms with E-state index in [0.717, 1.165) is 12.8 Å². The monoisotopic (exact) mass is 306 g/mol. The molecule has 1 aliphatic carbocycles. The smallest absolute Gasteiger partial charge is 0.0636 e. The van der Waals surface area contributed by atoms with Crippen LogP contribution < -0.4 is 5.32 Å². The number of hydrogen-bond acceptors (Lipinski definition) is 2. The summed E-state index contributed by atoms with van der Waals surface area (Å²) in [5.41, 5.74) is 6.45. The van der Waals surface area contributed by atoms with E-state index in [4.69, 9.17) is 0 Å². The number of hydrogen-bond donors (Lipinski definition) is 3. The normalized spacial score (nSPS) is 18.3. The molecule has 0 fully saturated rings. The van der Waals surface area contributed by atoms with Crippen molar-refractivity contribution in [2.45, 2.75) is 31.9 Å². The highest BCUT2D eigenvalue weighted by atomic mass is 16.3. The molecule has 23 heavy (non-hydrogen) atoms. The summed E-state index contributed by atoms with van der Waals surface area (Å²) >= 11 is 0. The van der Waals surface area contributed by atoms with Gasteiger partial charge in [0.1, 0.15) is 0 Å². The largest absolute Gasteiger partial charge is 0.392 e. The molecule has 1 heterocycles. The lowest BCUT2D eigenvalue weighted by Gasteiger charge is -2.13. The van der Waals surface area contributed by atoms with Crippen molar-refractivity contribution in [3.63, 3.8) is 0 Å². The molecule has 0 radical (unpaired) electrons. The highest BCUT2D eigenvalue weighted by Gasteiger charge is 2.26. The zero-order valence-electron chi connectivity index (χ0n) is 13.3. The van der Waals surface area contributed by atoms with Crippen LogP contribution in [0.3, 0.4) is 0 Å². The third kappa shape index (κ3) is 2.67. The first-order valence-corrected chi connectivity index (χ1v) is 8.34. The summed E-state index contributed by atoms with van der Waals surface area (Å²) in [7, 11) is 0. The van der Waals surface area contributed by atoms with Gasteiger partial charge < -0.3 is 15.4 Å². The zero-order chi connectivity index (χ0) is 15.8. The number of rotatable bonds is 4. The molecule has 0 bridgehead atoms. The average Bonchev–Trinajstić information content (AvgIpc) is 3.12. The lowest BCUT2D eigenvalue weighted by molar-refractivity contribution is 0.186. The minimum Gasteiger partial charge on any atom is -0.392 e. The van der Waals surface area contributed by atoms with Gasteiger partial charge in [0, 0.05) is 29.2 Å². The number of fused-ring (bicyclic) bond motifs is 3. The summed E-state index contributed by atoms with van der Waals surface area (Å²) in [6, 6.07) is 17.5. The Balaban J connectivity index is 1.71. The second-order valence-electron chi connectivity index (χ2n) is 6.49. The lowest BCUT2D eigenvalue weighted by Crippen LogP contribution is -2.27. The number of H-pyrrole nitrogens is 1. The fourth-order valence-corrected chi connectivity index (χ4v) is 3.60. The number of aryl methyl sites for hydroxylation is 1. The zero-order valence-corrected chi connectivity index (χ0v) is 13.3. The van der Waals surface area contributed by atoms with E-state index in [1.165, 1.54) is 33.3 Å². The van der Waals surface area contributed by atoms with Crippen LogP contribution >= 0.6 is 0 Å². The van der Waals surface area contributed by atoms with Crippen molar-refractivity contribution in [3.8, 4) is 11.1 Å². The molecule has 3 heteroatoms. The van der Waals surface area contributed by atoms with Crippen molar-refractivity contribution in [2.24, 2.45) is 0 Å². The Morgan fingerprint density at radius 2 is 2.00 bits per heavy atom. The third-order valence-electron chi connectivity index (χ3n) is 4.74. The molecule has 0 saturated carbocycles. The first-order chi connectivity index (χ1) is 11.2.